The van der Waals surface area contributed by atoms with E-state index in [1.165, 1.54) is 11.1 Å². The Morgan fingerprint density at radius 2 is 0.962 bits per heavy atom. The third-order valence-electron chi connectivity index (χ3n) is 4.47. The maximum Gasteiger partial charge on any atom is 0.509 e. The summed E-state index contributed by atoms with van der Waals surface area (Å²) in [5.74, 6) is 0.310. The maximum absolute atomic E-state index is 12.5. The molecule has 0 aromatic heterocycles. The van der Waals surface area contributed by atoms with Gasteiger partial charge in [0.25, 0.3) is 0 Å². The van der Waals surface area contributed by atoms with Gasteiger partial charge >= 0.3 is 6.16 Å². The molecule has 0 saturated heterocycles. The number of carbonyl (C=O) groups is 1. The largest absolute Gasteiger partial charge is 0.509 e. The molecule has 140 valence electrons. The Balaban J connectivity index is 2.12. The molecular formula is C23H30O3. The fourth-order valence-corrected chi connectivity index (χ4v) is 2.93. The molecule has 0 aliphatic carbocycles. The van der Waals surface area contributed by atoms with E-state index in [4.69, 9.17) is 9.47 Å². The van der Waals surface area contributed by atoms with Gasteiger partial charge in [-0.1, -0.05) is 87.4 Å². The van der Waals surface area contributed by atoms with Crippen LogP contribution in [0.3, 0.4) is 0 Å². The molecule has 0 heterocycles. The van der Waals surface area contributed by atoms with Gasteiger partial charge in [0.2, 0.25) is 0 Å². The first kappa shape index (κ1) is 20.0. The maximum atomic E-state index is 12.5. The molecule has 0 saturated carbocycles. The second-order valence-corrected chi connectivity index (χ2v) is 7.64. The zero-order valence-electron chi connectivity index (χ0n) is 16.7. The van der Waals surface area contributed by atoms with E-state index in [-0.39, 0.29) is 24.0 Å². The summed E-state index contributed by atoms with van der Waals surface area (Å²) in [6.07, 6.45) is -1.27. The van der Waals surface area contributed by atoms with Gasteiger partial charge in [-0.15, -0.1) is 0 Å². The molecule has 2 aromatic rings. The van der Waals surface area contributed by atoms with Crippen molar-refractivity contribution >= 4 is 6.16 Å². The van der Waals surface area contributed by atoms with Crippen LogP contribution >= 0.6 is 0 Å². The van der Waals surface area contributed by atoms with Crippen molar-refractivity contribution in [3.63, 3.8) is 0 Å². The topological polar surface area (TPSA) is 35.5 Å². The minimum Gasteiger partial charge on any atom is -0.426 e. The molecule has 0 amide bonds. The van der Waals surface area contributed by atoms with Crippen molar-refractivity contribution in [3.05, 3.63) is 70.8 Å². The molecule has 2 rings (SSSR count). The Labute approximate surface area is 157 Å². The van der Waals surface area contributed by atoms with Crippen LogP contribution in [0.2, 0.25) is 0 Å². The molecule has 0 fully saturated rings. The van der Waals surface area contributed by atoms with Gasteiger partial charge in [-0.25, -0.2) is 4.79 Å². The van der Waals surface area contributed by atoms with Crippen LogP contribution in [0.15, 0.2) is 48.5 Å². The highest BCUT2D eigenvalue weighted by molar-refractivity contribution is 5.61. The number of ether oxygens (including phenoxy) is 2. The van der Waals surface area contributed by atoms with Crippen LogP contribution in [0.5, 0.6) is 0 Å². The van der Waals surface area contributed by atoms with E-state index in [1.54, 1.807) is 0 Å². The molecular weight excluding hydrogens is 324 g/mol. The summed E-state index contributed by atoms with van der Waals surface area (Å²) < 4.78 is 11.4. The van der Waals surface area contributed by atoms with Crippen molar-refractivity contribution in [2.45, 2.75) is 53.8 Å². The molecule has 0 spiro atoms. The van der Waals surface area contributed by atoms with E-state index < -0.39 is 6.16 Å². The lowest BCUT2D eigenvalue weighted by Gasteiger charge is -2.25. The van der Waals surface area contributed by atoms with Crippen LogP contribution in [0.25, 0.3) is 0 Å². The zero-order valence-corrected chi connectivity index (χ0v) is 16.7. The Morgan fingerprint density at radius 3 is 1.23 bits per heavy atom. The predicted octanol–water partition coefficient (Wildman–Crippen LogP) is 6.55. The summed E-state index contributed by atoms with van der Waals surface area (Å²) in [4.78, 5) is 12.5. The minimum absolute atomic E-state index is 0.155. The number of hydrogen-bond acceptors (Lipinski definition) is 3. The number of carbonyl (C=O) groups excluding carboxylic acids is 1. The van der Waals surface area contributed by atoms with Gasteiger partial charge in [0.05, 0.1) is 0 Å². The number of aryl methyl sites for hydroxylation is 2. The van der Waals surface area contributed by atoms with E-state index in [9.17, 15) is 4.79 Å². The first-order valence-electron chi connectivity index (χ1n) is 9.28. The van der Waals surface area contributed by atoms with Gasteiger partial charge in [0.1, 0.15) is 12.2 Å². The molecule has 2 aromatic carbocycles. The van der Waals surface area contributed by atoms with E-state index in [2.05, 4.69) is 0 Å². The molecule has 26 heavy (non-hydrogen) atoms. The highest BCUT2D eigenvalue weighted by Gasteiger charge is 2.26. The van der Waals surface area contributed by atoms with Gasteiger partial charge in [0.15, 0.2) is 0 Å². The van der Waals surface area contributed by atoms with Gasteiger partial charge in [0, 0.05) is 0 Å². The lowest BCUT2D eigenvalue weighted by Crippen LogP contribution is -2.21. The smallest absolute Gasteiger partial charge is 0.426 e. The average molecular weight is 354 g/mol. The van der Waals surface area contributed by atoms with E-state index in [0.717, 1.165) is 11.1 Å². The molecule has 2 atom stereocenters. The quantitative estimate of drug-likeness (QED) is 0.552. The van der Waals surface area contributed by atoms with Crippen molar-refractivity contribution in [2.24, 2.45) is 11.8 Å². The summed E-state index contributed by atoms with van der Waals surface area (Å²) in [5.41, 5.74) is 4.33. The van der Waals surface area contributed by atoms with E-state index in [1.807, 2.05) is 90.1 Å². The lowest BCUT2D eigenvalue weighted by molar-refractivity contribution is -0.0267. The Morgan fingerprint density at radius 1 is 0.654 bits per heavy atom. The molecule has 2 unspecified atom stereocenters. The number of hydrogen-bond donors (Lipinski definition) is 0. The SMILES string of the molecule is Cc1ccc(C(OC(=O)OC(c2ccc(C)cc2)C(C)C)C(C)C)cc1. The van der Waals surface area contributed by atoms with Crippen molar-refractivity contribution in [3.8, 4) is 0 Å². The number of benzene rings is 2. The molecule has 0 N–H and O–H groups in total. The zero-order chi connectivity index (χ0) is 19.3. The fourth-order valence-electron chi connectivity index (χ4n) is 2.93. The van der Waals surface area contributed by atoms with Crippen LogP contribution in [0.4, 0.5) is 4.79 Å². The van der Waals surface area contributed by atoms with Gasteiger partial charge in [-0.05, 0) is 36.8 Å². The van der Waals surface area contributed by atoms with E-state index in [0.29, 0.717) is 0 Å². The second-order valence-electron chi connectivity index (χ2n) is 7.64. The first-order valence-corrected chi connectivity index (χ1v) is 9.28. The van der Waals surface area contributed by atoms with Gasteiger partial charge < -0.3 is 9.47 Å². The first-order chi connectivity index (χ1) is 12.3. The Hall–Kier alpha value is -2.29. The normalized spacial score (nSPS) is 13.5. The van der Waals surface area contributed by atoms with Crippen LogP contribution in [0, 0.1) is 25.7 Å². The van der Waals surface area contributed by atoms with Gasteiger partial charge in [-0.3, -0.25) is 0 Å². The molecule has 0 aliphatic rings. The Kier molecular flexibility index (Phi) is 6.84. The predicted molar refractivity (Wildman–Crippen MR) is 105 cm³/mol. The highest BCUT2D eigenvalue weighted by atomic mass is 16.7. The summed E-state index contributed by atoms with van der Waals surface area (Å²) in [6.45, 7) is 12.2. The van der Waals surface area contributed by atoms with Crippen LogP contribution in [-0.2, 0) is 9.47 Å². The standard InChI is InChI=1S/C23H30O3/c1-15(2)21(19-11-7-17(5)8-12-19)25-23(24)26-22(16(3)4)20-13-9-18(6)10-14-20/h7-16,21-22H,1-6H3. The summed E-state index contributed by atoms with van der Waals surface area (Å²) in [5, 5.41) is 0. The highest BCUT2D eigenvalue weighted by Crippen LogP contribution is 2.30. The minimum atomic E-state index is -0.622. The monoisotopic (exact) mass is 354 g/mol. The summed E-state index contributed by atoms with van der Waals surface area (Å²) in [6, 6.07) is 16.2. The van der Waals surface area contributed by atoms with Crippen LogP contribution < -0.4 is 0 Å². The van der Waals surface area contributed by atoms with Crippen LogP contribution in [0.1, 0.15) is 62.2 Å². The summed E-state index contributed by atoms with van der Waals surface area (Å²) in [7, 11) is 0. The molecule has 0 radical (unpaired) electrons. The molecule has 3 nitrogen and oxygen atoms in total. The Bertz CT molecular complexity index is 638. The van der Waals surface area contributed by atoms with E-state index >= 15 is 0 Å². The third kappa shape index (κ3) is 5.35. The van der Waals surface area contributed by atoms with Gasteiger partial charge in [-0.2, -0.15) is 0 Å². The fraction of sp³-hybridized carbons (Fsp3) is 0.435. The molecule has 0 bridgehead atoms. The van der Waals surface area contributed by atoms with Crippen molar-refractivity contribution in [1.82, 2.24) is 0 Å². The number of rotatable bonds is 6. The summed E-state index contributed by atoms with van der Waals surface area (Å²) >= 11 is 0. The molecule has 0 aliphatic heterocycles. The third-order valence-corrected chi connectivity index (χ3v) is 4.47. The lowest BCUT2D eigenvalue weighted by atomic mass is 9.98. The van der Waals surface area contributed by atoms with Crippen molar-refractivity contribution in [2.75, 3.05) is 0 Å². The van der Waals surface area contributed by atoms with Crippen molar-refractivity contribution < 1.29 is 14.3 Å². The molecule has 3 heteroatoms. The van der Waals surface area contributed by atoms with Crippen LogP contribution in [-0.4, -0.2) is 6.16 Å². The van der Waals surface area contributed by atoms with Crippen molar-refractivity contribution in [1.29, 1.82) is 0 Å². The average Bonchev–Trinajstić information content (AvgIpc) is 2.59. The second kappa shape index (κ2) is 8.88.